The fraction of sp³-hybridized carbons (Fsp3) is 0.273. The van der Waals surface area contributed by atoms with Crippen molar-refractivity contribution in [3.8, 4) is 0 Å². The molecule has 0 radical (unpaired) electrons. The van der Waals surface area contributed by atoms with Crippen molar-refractivity contribution in [3.05, 3.63) is 46.5 Å². The monoisotopic (exact) mass is 236 g/mol. The average molecular weight is 237 g/mol. The van der Waals surface area contributed by atoms with Crippen LogP contribution in [0.4, 0.5) is 0 Å². The zero-order chi connectivity index (χ0) is 11.7. The Hall–Kier alpha value is -1.39. The molecule has 0 aliphatic rings. The number of halogens is 1. The van der Waals surface area contributed by atoms with Crippen LogP contribution in [-0.2, 0) is 7.05 Å². The van der Waals surface area contributed by atoms with E-state index in [1.165, 1.54) is 0 Å². The second-order valence-corrected chi connectivity index (χ2v) is 4.06. The maximum absolute atomic E-state index is 6.18. The number of pyridine rings is 1. The first-order chi connectivity index (χ1) is 7.61. The van der Waals surface area contributed by atoms with Crippen molar-refractivity contribution in [2.24, 2.45) is 12.8 Å². The molecule has 0 aliphatic carbocycles. The molecule has 2 rings (SSSR count). The van der Waals surface area contributed by atoms with Crippen LogP contribution in [0.2, 0.25) is 5.02 Å². The second-order valence-electron chi connectivity index (χ2n) is 3.66. The van der Waals surface area contributed by atoms with Gasteiger partial charge in [0.15, 0.2) is 0 Å². The minimum Gasteiger partial charge on any atom is -0.319 e. The Morgan fingerprint density at radius 1 is 1.50 bits per heavy atom. The largest absolute Gasteiger partial charge is 0.319 e. The molecule has 0 aliphatic heterocycles. The van der Waals surface area contributed by atoms with Gasteiger partial charge in [-0.25, -0.2) is 0 Å². The van der Waals surface area contributed by atoms with E-state index in [1.807, 2.05) is 26.1 Å². The number of nitrogens with two attached hydrogens (primary N) is 1. The van der Waals surface area contributed by atoms with Crippen molar-refractivity contribution in [1.29, 1.82) is 0 Å². The molecular formula is C11H13ClN4. The molecule has 5 heteroatoms. The molecule has 2 N–H and O–H groups in total. The highest BCUT2D eigenvalue weighted by Gasteiger charge is 2.18. The number of hydrogen-bond acceptors (Lipinski definition) is 3. The number of aryl methyl sites for hydroxylation is 2. The predicted octanol–water partition coefficient (Wildman–Crippen LogP) is 1.83. The summed E-state index contributed by atoms with van der Waals surface area (Å²) < 4.78 is 1.69. The van der Waals surface area contributed by atoms with Crippen LogP contribution in [0, 0.1) is 6.92 Å². The molecule has 0 fully saturated rings. The Morgan fingerprint density at radius 3 is 2.81 bits per heavy atom. The quantitative estimate of drug-likeness (QED) is 0.866. The fourth-order valence-corrected chi connectivity index (χ4v) is 2.03. The highest BCUT2D eigenvalue weighted by molar-refractivity contribution is 6.31. The maximum Gasteiger partial charge on any atom is 0.0837 e. The molecule has 1 atom stereocenters. The summed E-state index contributed by atoms with van der Waals surface area (Å²) in [6.45, 7) is 1.93. The molecule has 4 nitrogen and oxygen atoms in total. The summed E-state index contributed by atoms with van der Waals surface area (Å²) in [5.41, 5.74) is 8.86. The van der Waals surface area contributed by atoms with Crippen LogP contribution in [0.5, 0.6) is 0 Å². The molecular weight excluding hydrogens is 224 g/mol. The number of rotatable bonds is 2. The Bertz CT molecular complexity index is 487. The number of hydrogen-bond donors (Lipinski definition) is 1. The van der Waals surface area contributed by atoms with Gasteiger partial charge < -0.3 is 5.73 Å². The molecule has 0 spiro atoms. The minimum atomic E-state index is -0.298. The molecule has 2 aromatic rings. The molecule has 0 bridgehead atoms. The summed E-state index contributed by atoms with van der Waals surface area (Å²) in [7, 11) is 1.83. The summed E-state index contributed by atoms with van der Waals surface area (Å²) in [4.78, 5) is 4.22. The molecule has 0 saturated carbocycles. The lowest BCUT2D eigenvalue weighted by molar-refractivity contribution is 0.669. The van der Waals surface area contributed by atoms with Crippen molar-refractivity contribution in [3.63, 3.8) is 0 Å². The summed E-state index contributed by atoms with van der Waals surface area (Å²) in [5.74, 6) is 0. The van der Waals surface area contributed by atoms with E-state index in [1.54, 1.807) is 17.1 Å². The van der Waals surface area contributed by atoms with Gasteiger partial charge in [0.25, 0.3) is 0 Å². The van der Waals surface area contributed by atoms with E-state index >= 15 is 0 Å². The Morgan fingerprint density at radius 2 is 2.25 bits per heavy atom. The lowest BCUT2D eigenvalue weighted by Gasteiger charge is -2.14. The first-order valence-electron chi connectivity index (χ1n) is 4.95. The van der Waals surface area contributed by atoms with Crippen molar-refractivity contribution in [1.82, 2.24) is 14.8 Å². The molecule has 2 aromatic heterocycles. The van der Waals surface area contributed by atoms with Gasteiger partial charge in [-0.1, -0.05) is 17.7 Å². The summed E-state index contributed by atoms with van der Waals surface area (Å²) in [6, 6.07) is 3.52. The first-order valence-corrected chi connectivity index (χ1v) is 5.33. The van der Waals surface area contributed by atoms with E-state index < -0.39 is 0 Å². The van der Waals surface area contributed by atoms with Gasteiger partial charge in [-0.3, -0.25) is 9.67 Å². The normalized spacial score (nSPS) is 12.8. The third kappa shape index (κ3) is 1.81. The first kappa shape index (κ1) is 11.1. The van der Waals surface area contributed by atoms with E-state index in [9.17, 15) is 0 Å². The molecule has 2 heterocycles. The zero-order valence-electron chi connectivity index (χ0n) is 9.18. The predicted molar refractivity (Wildman–Crippen MR) is 63.2 cm³/mol. The summed E-state index contributed by atoms with van der Waals surface area (Å²) >= 11 is 6.06. The molecule has 84 valence electrons. The van der Waals surface area contributed by atoms with Gasteiger partial charge in [0.1, 0.15) is 0 Å². The van der Waals surface area contributed by atoms with Crippen LogP contribution >= 0.6 is 11.6 Å². The minimum absolute atomic E-state index is 0.298. The van der Waals surface area contributed by atoms with Crippen LogP contribution < -0.4 is 5.73 Å². The SMILES string of the molecule is Cc1ncccc1C(N)c1c(Cl)cnn1C. The molecule has 0 aromatic carbocycles. The lowest BCUT2D eigenvalue weighted by Crippen LogP contribution is -2.17. The maximum atomic E-state index is 6.18. The summed E-state index contributed by atoms with van der Waals surface area (Å²) in [5, 5.41) is 4.66. The van der Waals surface area contributed by atoms with Crippen LogP contribution in [0.15, 0.2) is 24.5 Å². The van der Waals surface area contributed by atoms with Gasteiger partial charge in [-0.05, 0) is 18.6 Å². The highest BCUT2D eigenvalue weighted by Crippen LogP contribution is 2.26. The zero-order valence-corrected chi connectivity index (χ0v) is 9.94. The van der Waals surface area contributed by atoms with Gasteiger partial charge in [0, 0.05) is 18.9 Å². The Kier molecular flexibility index (Phi) is 2.94. The lowest BCUT2D eigenvalue weighted by atomic mass is 10.0. The Balaban J connectivity index is 2.47. The van der Waals surface area contributed by atoms with E-state index in [0.29, 0.717) is 5.02 Å². The van der Waals surface area contributed by atoms with Gasteiger partial charge in [0.05, 0.1) is 23.0 Å². The van der Waals surface area contributed by atoms with Crippen LogP contribution in [0.25, 0.3) is 0 Å². The van der Waals surface area contributed by atoms with Crippen molar-refractivity contribution < 1.29 is 0 Å². The van der Waals surface area contributed by atoms with Crippen molar-refractivity contribution in [2.45, 2.75) is 13.0 Å². The molecule has 1 unspecified atom stereocenters. The van der Waals surface area contributed by atoms with Gasteiger partial charge in [-0.15, -0.1) is 0 Å². The van der Waals surface area contributed by atoms with Crippen LogP contribution in [-0.4, -0.2) is 14.8 Å². The third-order valence-electron chi connectivity index (χ3n) is 2.62. The standard InChI is InChI=1S/C11H13ClN4/c1-7-8(4-3-5-14-7)10(13)11-9(12)6-15-16(11)2/h3-6,10H,13H2,1-2H3. The molecule has 0 saturated heterocycles. The number of nitrogens with zero attached hydrogens (tertiary/aromatic N) is 3. The van der Waals surface area contributed by atoms with E-state index in [-0.39, 0.29) is 6.04 Å². The number of aromatic nitrogens is 3. The van der Waals surface area contributed by atoms with Crippen molar-refractivity contribution in [2.75, 3.05) is 0 Å². The van der Waals surface area contributed by atoms with Crippen LogP contribution in [0.1, 0.15) is 23.0 Å². The fourth-order valence-electron chi connectivity index (χ4n) is 1.74. The summed E-state index contributed by atoms with van der Waals surface area (Å²) in [6.07, 6.45) is 3.35. The van der Waals surface area contributed by atoms with Crippen LogP contribution in [0.3, 0.4) is 0 Å². The topological polar surface area (TPSA) is 56.7 Å². The third-order valence-corrected chi connectivity index (χ3v) is 2.91. The Labute approximate surface area is 99.1 Å². The van der Waals surface area contributed by atoms with E-state index in [0.717, 1.165) is 17.0 Å². The van der Waals surface area contributed by atoms with Gasteiger partial charge >= 0.3 is 0 Å². The second kappa shape index (κ2) is 4.23. The highest BCUT2D eigenvalue weighted by atomic mass is 35.5. The molecule has 16 heavy (non-hydrogen) atoms. The average Bonchev–Trinajstić information content (AvgIpc) is 2.58. The smallest absolute Gasteiger partial charge is 0.0837 e. The van der Waals surface area contributed by atoms with Gasteiger partial charge in [-0.2, -0.15) is 5.10 Å². The molecule has 0 amide bonds. The van der Waals surface area contributed by atoms with E-state index in [2.05, 4.69) is 10.1 Å². The van der Waals surface area contributed by atoms with E-state index in [4.69, 9.17) is 17.3 Å². The van der Waals surface area contributed by atoms with Crippen molar-refractivity contribution >= 4 is 11.6 Å². The van der Waals surface area contributed by atoms with Gasteiger partial charge in [0.2, 0.25) is 0 Å².